The van der Waals surface area contributed by atoms with Crippen LogP contribution >= 0.6 is 0 Å². The minimum Gasteiger partial charge on any atom is -0.436 e. The number of morpholine rings is 1. The molecule has 2 saturated heterocycles. The van der Waals surface area contributed by atoms with E-state index in [2.05, 4.69) is 5.32 Å². The Balaban J connectivity index is 1.59. The molecule has 2 aliphatic heterocycles. The third-order valence-corrected chi connectivity index (χ3v) is 5.33. The molecular weight excluding hydrogens is 340 g/mol. The summed E-state index contributed by atoms with van der Waals surface area (Å²) in [6, 6.07) is -0.684. The van der Waals surface area contributed by atoms with Gasteiger partial charge in [-0.15, -0.1) is 0 Å². The number of hydrogen-bond acceptors (Lipinski definition) is 6. The monoisotopic (exact) mass is 368 g/mol. The summed E-state index contributed by atoms with van der Waals surface area (Å²) < 4.78 is 15.8. The molecule has 1 aliphatic carbocycles. The quantitative estimate of drug-likeness (QED) is 0.774. The van der Waals surface area contributed by atoms with Crippen molar-refractivity contribution in [1.29, 1.82) is 0 Å². The van der Waals surface area contributed by atoms with Gasteiger partial charge in [-0.1, -0.05) is 32.1 Å². The van der Waals surface area contributed by atoms with Crippen LogP contribution in [-0.4, -0.2) is 74.3 Å². The van der Waals surface area contributed by atoms with Crippen molar-refractivity contribution in [1.82, 2.24) is 10.2 Å². The molecule has 0 unspecified atom stereocenters. The molecule has 0 aromatic rings. The minimum absolute atomic E-state index is 0.00313. The molecule has 26 heavy (non-hydrogen) atoms. The van der Waals surface area contributed by atoms with Crippen molar-refractivity contribution >= 4 is 17.8 Å². The molecule has 3 fully saturated rings. The zero-order valence-corrected chi connectivity index (χ0v) is 15.1. The zero-order chi connectivity index (χ0) is 18.4. The summed E-state index contributed by atoms with van der Waals surface area (Å²) in [5.74, 6) is 0.0521. The molecule has 0 aromatic heterocycles. The van der Waals surface area contributed by atoms with Crippen LogP contribution in [0.25, 0.3) is 0 Å². The Labute approximate surface area is 153 Å². The van der Waals surface area contributed by atoms with Gasteiger partial charge in [-0.2, -0.15) is 0 Å². The fourth-order valence-electron chi connectivity index (χ4n) is 3.81. The first kappa shape index (κ1) is 19.1. The summed E-state index contributed by atoms with van der Waals surface area (Å²) in [7, 11) is 0. The Morgan fingerprint density at radius 3 is 2.54 bits per heavy atom. The first-order valence-electron chi connectivity index (χ1n) is 9.57. The van der Waals surface area contributed by atoms with Crippen LogP contribution in [0, 0.1) is 5.92 Å². The number of ketones is 1. The number of amides is 2. The van der Waals surface area contributed by atoms with Gasteiger partial charge in [0.15, 0.2) is 11.9 Å². The molecule has 2 atom stereocenters. The lowest BCUT2D eigenvalue weighted by molar-refractivity contribution is -0.145. The van der Waals surface area contributed by atoms with Crippen LogP contribution in [0.2, 0.25) is 0 Å². The van der Waals surface area contributed by atoms with Crippen molar-refractivity contribution in [3.05, 3.63) is 0 Å². The molecule has 3 rings (SSSR count). The van der Waals surface area contributed by atoms with Crippen LogP contribution in [0.4, 0.5) is 4.79 Å². The van der Waals surface area contributed by atoms with E-state index in [1.165, 1.54) is 6.42 Å². The molecule has 0 spiro atoms. The molecule has 0 radical (unpaired) electrons. The van der Waals surface area contributed by atoms with Gasteiger partial charge in [0, 0.05) is 13.1 Å². The van der Waals surface area contributed by atoms with Crippen molar-refractivity contribution in [3.63, 3.8) is 0 Å². The molecular formula is C18H28N2O6. The lowest BCUT2D eigenvalue weighted by Gasteiger charge is -2.32. The van der Waals surface area contributed by atoms with E-state index in [1.54, 1.807) is 4.90 Å². The summed E-state index contributed by atoms with van der Waals surface area (Å²) in [4.78, 5) is 38.4. The second kappa shape index (κ2) is 9.32. The van der Waals surface area contributed by atoms with Crippen molar-refractivity contribution in [2.75, 3.05) is 39.5 Å². The van der Waals surface area contributed by atoms with Crippen LogP contribution in [-0.2, 0) is 23.8 Å². The number of nitrogens with zero attached hydrogens (tertiary/aromatic N) is 1. The highest BCUT2D eigenvalue weighted by atomic mass is 16.6. The number of hydrogen-bond donors (Lipinski definition) is 1. The lowest BCUT2D eigenvalue weighted by Crippen LogP contribution is -2.49. The number of alkyl carbamates (subject to hydrolysis) is 1. The molecule has 3 aliphatic rings. The Morgan fingerprint density at radius 2 is 1.88 bits per heavy atom. The SMILES string of the molecule is O=C(N[C@@H]1COCC1=O)O[C@@H](CC1CCCCC1)C(=O)N1CCOCC1. The van der Waals surface area contributed by atoms with Gasteiger partial charge in [-0.25, -0.2) is 4.79 Å². The Kier molecular flexibility index (Phi) is 6.85. The normalized spacial score (nSPS) is 25.8. The third-order valence-electron chi connectivity index (χ3n) is 5.33. The van der Waals surface area contributed by atoms with E-state index in [9.17, 15) is 14.4 Å². The fraction of sp³-hybridized carbons (Fsp3) is 0.833. The van der Waals surface area contributed by atoms with E-state index in [0.29, 0.717) is 38.6 Å². The lowest BCUT2D eigenvalue weighted by atomic mass is 9.85. The highest BCUT2D eigenvalue weighted by molar-refractivity contribution is 5.90. The van der Waals surface area contributed by atoms with Gasteiger partial charge >= 0.3 is 6.09 Å². The molecule has 0 aromatic carbocycles. The molecule has 1 saturated carbocycles. The van der Waals surface area contributed by atoms with Crippen LogP contribution < -0.4 is 5.32 Å². The largest absolute Gasteiger partial charge is 0.436 e. The molecule has 8 heteroatoms. The molecule has 2 heterocycles. The Bertz CT molecular complexity index is 514. The maximum absolute atomic E-state index is 12.9. The standard InChI is InChI=1S/C18H28N2O6/c21-15-12-25-11-14(15)19-18(23)26-16(10-13-4-2-1-3-5-13)17(22)20-6-8-24-9-7-20/h13-14,16H,1-12H2,(H,19,23)/t14-,16+/m1/s1. The van der Waals surface area contributed by atoms with E-state index >= 15 is 0 Å². The highest BCUT2D eigenvalue weighted by Crippen LogP contribution is 2.28. The van der Waals surface area contributed by atoms with Gasteiger partial charge in [0.05, 0.1) is 19.8 Å². The van der Waals surface area contributed by atoms with Gasteiger partial charge in [0.1, 0.15) is 12.6 Å². The number of rotatable bonds is 5. The predicted octanol–water partition coefficient (Wildman–Crippen LogP) is 0.878. The molecule has 1 N–H and O–H groups in total. The van der Waals surface area contributed by atoms with E-state index in [4.69, 9.17) is 14.2 Å². The molecule has 0 bridgehead atoms. The summed E-state index contributed by atoms with van der Waals surface area (Å²) >= 11 is 0. The first-order chi connectivity index (χ1) is 12.6. The van der Waals surface area contributed by atoms with Gasteiger partial charge < -0.3 is 24.4 Å². The predicted molar refractivity (Wildman–Crippen MR) is 91.6 cm³/mol. The van der Waals surface area contributed by atoms with Crippen molar-refractivity contribution in [2.45, 2.75) is 50.7 Å². The average Bonchev–Trinajstić information content (AvgIpc) is 3.06. The van der Waals surface area contributed by atoms with Crippen LogP contribution in [0.3, 0.4) is 0 Å². The Hall–Kier alpha value is -1.67. The second-order valence-electron chi connectivity index (χ2n) is 7.25. The zero-order valence-electron chi connectivity index (χ0n) is 15.1. The fourth-order valence-corrected chi connectivity index (χ4v) is 3.81. The van der Waals surface area contributed by atoms with Crippen molar-refractivity contribution in [3.8, 4) is 0 Å². The van der Waals surface area contributed by atoms with Crippen molar-refractivity contribution in [2.24, 2.45) is 5.92 Å². The van der Waals surface area contributed by atoms with E-state index in [-0.39, 0.29) is 24.9 Å². The van der Waals surface area contributed by atoms with Crippen LogP contribution in [0.1, 0.15) is 38.5 Å². The molecule has 2 amide bonds. The molecule has 146 valence electrons. The van der Waals surface area contributed by atoms with E-state index in [1.807, 2.05) is 0 Å². The van der Waals surface area contributed by atoms with Crippen LogP contribution in [0.15, 0.2) is 0 Å². The topological polar surface area (TPSA) is 94.2 Å². The van der Waals surface area contributed by atoms with Crippen LogP contribution in [0.5, 0.6) is 0 Å². The van der Waals surface area contributed by atoms with E-state index < -0.39 is 18.2 Å². The highest BCUT2D eigenvalue weighted by Gasteiger charge is 2.34. The summed E-state index contributed by atoms with van der Waals surface area (Å²) in [5.41, 5.74) is 0. The number of nitrogens with one attached hydrogen (secondary N) is 1. The van der Waals surface area contributed by atoms with Gasteiger partial charge in [0.25, 0.3) is 5.91 Å². The minimum atomic E-state index is -0.811. The number of carbonyl (C=O) groups is 3. The third kappa shape index (κ3) is 5.17. The molecule has 8 nitrogen and oxygen atoms in total. The first-order valence-corrected chi connectivity index (χ1v) is 9.57. The number of Topliss-reactive ketones (excluding diaryl/α,β-unsaturated/α-hetero) is 1. The summed E-state index contributed by atoms with van der Waals surface area (Å²) in [6.45, 7) is 2.19. The number of ether oxygens (including phenoxy) is 3. The summed E-state index contributed by atoms with van der Waals surface area (Å²) in [6.07, 6.45) is 4.67. The average molecular weight is 368 g/mol. The van der Waals surface area contributed by atoms with Gasteiger partial charge in [-0.05, 0) is 12.3 Å². The second-order valence-corrected chi connectivity index (χ2v) is 7.25. The number of carbonyl (C=O) groups excluding carboxylic acids is 3. The Morgan fingerprint density at radius 1 is 1.15 bits per heavy atom. The maximum Gasteiger partial charge on any atom is 0.408 e. The maximum atomic E-state index is 12.9. The summed E-state index contributed by atoms with van der Waals surface area (Å²) in [5, 5.41) is 2.52. The van der Waals surface area contributed by atoms with Gasteiger partial charge in [0.2, 0.25) is 0 Å². The van der Waals surface area contributed by atoms with Crippen molar-refractivity contribution < 1.29 is 28.6 Å². The van der Waals surface area contributed by atoms with Gasteiger partial charge in [-0.3, -0.25) is 9.59 Å². The smallest absolute Gasteiger partial charge is 0.408 e. The van der Waals surface area contributed by atoms with E-state index in [0.717, 1.165) is 25.7 Å².